The Morgan fingerprint density at radius 2 is 2.22 bits per heavy atom. The van der Waals surface area contributed by atoms with Crippen LogP contribution in [0.3, 0.4) is 0 Å². The molecule has 1 unspecified atom stereocenters. The summed E-state index contributed by atoms with van der Waals surface area (Å²) in [6.45, 7) is 2.73. The second-order valence-corrected chi connectivity index (χ2v) is 4.90. The van der Waals surface area contributed by atoms with Gasteiger partial charge in [-0.2, -0.15) is 0 Å². The molecule has 1 aromatic rings. The van der Waals surface area contributed by atoms with Gasteiger partial charge in [0, 0.05) is 29.4 Å². The Kier molecular flexibility index (Phi) is 5.95. The summed E-state index contributed by atoms with van der Waals surface area (Å²) in [6.07, 6.45) is 1.72. The quantitative estimate of drug-likeness (QED) is 0.547. The van der Waals surface area contributed by atoms with Crippen molar-refractivity contribution in [3.63, 3.8) is 0 Å². The molecule has 4 N–H and O–H groups in total. The molecular weight excluding hydrogens is 252 g/mol. The van der Waals surface area contributed by atoms with Crippen LogP contribution in [0.2, 0.25) is 5.02 Å². The van der Waals surface area contributed by atoms with Crippen LogP contribution in [0.25, 0.3) is 0 Å². The van der Waals surface area contributed by atoms with Crippen molar-refractivity contribution in [1.82, 2.24) is 5.32 Å². The van der Waals surface area contributed by atoms with Crippen LogP contribution in [0.5, 0.6) is 0 Å². The van der Waals surface area contributed by atoms with Gasteiger partial charge in [-0.15, -0.1) is 0 Å². The van der Waals surface area contributed by atoms with Crippen LogP contribution in [0.1, 0.15) is 30.1 Å². The minimum atomic E-state index is -0.180. The molecule has 1 amide bonds. The third kappa shape index (κ3) is 4.94. The normalized spacial score (nSPS) is 12.2. The first-order valence-corrected chi connectivity index (χ1v) is 6.36. The summed E-state index contributed by atoms with van der Waals surface area (Å²) in [7, 11) is 0. The molecule has 0 bridgehead atoms. The number of halogens is 1. The molecule has 1 aromatic carbocycles. The third-order valence-electron chi connectivity index (χ3n) is 2.65. The summed E-state index contributed by atoms with van der Waals surface area (Å²) in [6, 6.07) is 4.78. The lowest BCUT2D eigenvalue weighted by molar-refractivity contribution is 0.0952. The molecule has 0 aliphatic rings. The van der Waals surface area contributed by atoms with E-state index in [9.17, 15) is 4.79 Å². The van der Waals surface area contributed by atoms with E-state index >= 15 is 0 Å². The Hall–Kier alpha value is -1.26. The summed E-state index contributed by atoms with van der Waals surface area (Å²) < 4.78 is 0. The summed E-state index contributed by atoms with van der Waals surface area (Å²) in [5.41, 5.74) is 6.56. The van der Waals surface area contributed by atoms with Gasteiger partial charge in [-0.25, -0.2) is 0 Å². The number of carbonyl (C=O) groups excluding carboxylic acids is 1. The van der Waals surface area contributed by atoms with Gasteiger partial charge in [-0.3, -0.25) is 4.79 Å². The maximum Gasteiger partial charge on any atom is 0.251 e. The summed E-state index contributed by atoms with van der Waals surface area (Å²) in [5.74, 6) is 0.0876. The van der Waals surface area contributed by atoms with Crippen molar-refractivity contribution in [3.8, 4) is 0 Å². The van der Waals surface area contributed by atoms with E-state index in [1.54, 1.807) is 18.2 Å². The number of hydrogen-bond acceptors (Lipinski definition) is 3. The van der Waals surface area contributed by atoms with Crippen LogP contribution in [-0.2, 0) is 0 Å². The fourth-order valence-electron chi connectivity index (χ4n) is 1.59. The molecule has 1 atom stereocenters. The van der Waals surface area contributed by atoms with Crippen LogP contribution in [0.4, 0.5) is 5.69 Å². The van der Waals surface area contributed by atoms with Crippen molar-refractivity contribution >= 4 is 23.2 Å². The molecule has 0 aliphatic heterocycles. The van der Waals surface area contributed by atoms with E-state index in [4.69, 9.17) is 22.4 Å². The molecule has 18 heavy (non-hydrogen) atoms. The predicted molar refractivity (Wildman–Crippen MR) is 73.7 cm³/mol. The number of hydrogen-bond donors (Lipinski definition) is 3. The first-order valence-electron chi connectivity index (χ1n) is 5.98. The van der Waals surface area contributed by atoms with E-state index in [1.807, 2.05) is 6.92 Å². The van der Waals surface area contributed by atoms with Crippen molar-refractivity contribution in [2.45, 2.75) is 19.8 Å². The van der Waals surface area contributed by atoms with Crippen LogP contribution in [-0.4, -0.2) is 24.2 Å². The number of nitrogens with two attached hydrogens (primary N) is 1. The van der Waals surface area contributed by atoms with Gasteiger partial charge in [-0.05, 0) is 37.0 Å². The maximum atomic E-state index is 11.8. The van der Waals surface area contributed by atoms with Gasteiger partial charge in [0.15, 0.2) is 0 Å². The van der Waals surface area contributed by atoms with Crippen LogP contribution >= 0.6 is 11.6 Å². The highest BCUT2D eigenvalue weighted by molar-refractivity contribution is 6.31. The molecule has 0 aliphatic carbocycles. The number of rotatable bonds is 6. The highest BCUT2D eigenvalue weighted by atomic mass is 35.5. The van der Waals surface area contributed by atoms with Crippen molar-refractivity contribution in [2.24, 2.45) is 5.92 Å². The number of amides is 1. The highest BCUT2D eigenvalue weighted by Gasteiger charge is 2.07. The molecular formula is C13H19ClN2O2. The molecule has 0 saturated carbocycles. The Bertz CT molecular complexity index is 390. The lowest BCUT2D eigenvalue weighted by Gasteiger charge is -2.09. The Labute approximate surface area is 112 Å². The molecule has 0 aromatic heterocycles. The Morgan fingerprint density at radius 1 is 1.50 bits per heavy atom. The number of aliphatic hydroxyl groups excluding tert-OH is 1. The SMILES string of the molecule is CC(CO)CCCNC(=O)c1cc(N)cc(Cl)c1. The van der Waals surface area contributed by atoms with Crippen LogP contribution in [0.15, 0.2) is 18.2 Å². The number of nitrogens with one attached hydrogen (secondary N) is 1. The minimum Gasteiger partial charge on any atom is -0.399 e. The van der Waals surface area contributed by atoms with Crippen molar-refractivity contribution < 1.29 is 9.90 Å². The highest BCUT2D eigenvalue weighted by Crippen LogP contribution is 2.16. The van der Waals surface area contributed by atoms with E-state index in [0.717, 1.165) is 12.8 Å². The number of anilines is 1. The lowest BCUT2D eigenvalue weighted by Crippen LogP contribution is -2.25. The molecule has 0 radical (unpaired) electrons. The molecule has 4 nitrogen and oxygen atoms in total. The third-order valence-corrected chi connectivity index (χ3v) is 2.87. The van der Waals surface area contributed by atoms with Gasteiger partial charge in [0.2, 0.25) is 0 Å². The van der Waals surface area contributed by atoms with E-state index in [-0.39, 0.29) is 18.4 Å². The number of benzene rings is 1. The fourth-order valence-corrected chi connectivity index (χ4v) is 1.83. The zero-order chi connectivity index (χ0) is 13.5. The first kappa shape index (κ1) is 14.8. The topological polar surface area (TPSA) is 75.3 Å². The van der Waals surface area contributed by atoms with Crippen molar-refractivity contribution in [1.29, 1.82) is 0 Å². The van der Waals surface area contributed by atoms with Gasteiger partial charge >= 0.3 is 0 Å². The van der Waals surface area contributed by atoms with E-state index in [1.165, 1.54) is 0 Å². The molecule has 0 heterocycles. The van der Waals surface area contributed by atoms with E-state index in [2.05, 4.69) is 5.32 Å². The number of aliphatic hydroxyl groups is 1. The standard InChI is InChI=1S/C13H19ClN2O2/c1-9(8-17)3-2-4-16-13(18)10-5-11(14)7-12(15)6-10/h5-7,9,17H,2-4,8,15H2,1H3,(H,16,18). The van der Waals surface area contributed by atoms with Gasteiger partial charge < -0.3 is 16.2 Å². The second kappa shape index (κ2) is 7.24. The van der Waals surface area contributed by atoms with Crippen molar-refractivity contribution in [3.05, 3.63) is 28.8 Å². The summed E-state index contributed by atoms with van der Waals surface area (Å²) in [4.78, 5) is 11.8. The number of nitrogen functional groups attached to an aromatic ring is 1. The summed E-state index contributed by atoms with van der Waals surface area (Å²) >= 11 is 5.83. The second-order valence-electron chi connectivity index (χ2n) is 4.46. The molecule has 0 spiro atoms. The zero-order valence-electron chi connectivity index (χ0n) is 10.4. The lowest BCUT2D eigenvalue weighted by atomic mass is 10.1. The monoisotopic (exact) mass is 270 g/mol. The van der Waals surface area contributed by atoms with Gasteiger partial charge in [0.25, 0.3) is 5.91 Å². The van der Waals surface area contributed by atoms with E-state index in [0.29, 0.717) is 22.8 Å². The smallest absolute Gasteiger partial charge is 0.251 e. The fraction of sp³-hybridized carbons (Fsp3) is 0.462. The van der Waals surface area contributed by atoms with Gasteiger partial charge in [0.05, 0.1) is 0 Å². The zero-order valence-corrected chi connectivity index (χ0v) is 11.2. The minimum absolute atomic E-state index is 0.179. The van der Waals surface area contributed by atoms with Crippen LogP contribution in [0, 0.1) is 5.92 Å². The summed E-state index contributed by atoms with van der Waals surface area (Å²) in [5, 5.41) is 12.1. The average molecular weight is 271 g/mol. The van der Waals surface area contributed by atoms with Crippen LogP contribution < -0.4 is 11.1 Å². The van der Waals surface area contributed by atoms with Crippen molar-refractivity contribution in [2.75, 3.05) is 18.9 Å². The first-order chi connectivity index (χ1) is 8.52. The molecule has 0 saturated heterocycles. The number of carbonyl (C=O) groups is 1. The average Bonchev–Trinajstić information content (AvgIpc) is 2.32. The molecule has 0 fully saturated rings. The molecule has 100 valence electrons. The largest absolute Gasteiger partial charge is 0.399 e. The molecule has 5 heteroatoms. The van der Waals surface area contributed by atoms with Gasteiger partial charge in [0.1, 0.15) is 0 Å². The Balaban J connectivity index is 2.41. The maximum absolute atomic E-state index is 11.8. The van der Waals surface area contributed by atoms with E-state index < -0.39 is 0 Å². The Morgan fingerprint density at radius 3 is 2.83 bits per heavy atom. The molecule has 1 rings (SSSR count). The van der Waals surface area contributed by atoms with Gasteiger partial charge in [-0.1, -0.05) is 18.5 Å². The predicted octanol–water partition coefficient (Wildman–Crippen LogP) is 2.06.